The van der Waals surface area contributed by atoms with Crippen molar-refractivity contribution in [2.24, 2.45) is 7.05 Å². The van der Waals surface area contributed by atoms with E-state index in [4.69, 9.17) is 16.7 Å². The van der Waals surface area contributed by atoms with Crippen LogP contribution in [-0.4, -0.2) is 26.2 Å². The fraction of sp³-hybridized carbons (Fsp3) is 0.273. The molecule has 0 spiro atoms. The maximum atomic E-state index is 8.90. The van der Waals surface area contributed by atoms with Crippen LogP contribution >= 0.6 is 11.6 Å². The average Bonchev–Trinajstić information content (AvgIpc) is 2.56. The van der Waals surface area contributed by atoms with Crippen molar-refractivity contribution in [3.63, 3.8) is 0 Å². The first-order valence-corrected chi connectivity index (χ1v) is 5.35. The summed E-state index contributed by atoms with van der Waals surface area (Å²) >= 11 is 6.07. The van der Waals surface area contributed by atoms with E-state index in [2.05, 4.69) is 9.97 Å². The largest absolute Gasteiger partial charge is 0.396 e. The third-order valence-electron chi connectivity index (χ3n) is 2.39. The minimum atomic E-state index is 0.0584. The van der Waals surface area contributed by atoms with Crippen molar-refractivity contribution in [3.8, 4) is 11.4 Å². The Morgan fingerprint density at radius 2 is 2.25 bits per heavy atom. The molecular formula is C11H12ClN3O. The summed E-state index contributed by atoms with van der Waals surface area (Å²) in [6.07, 6.45) is 2.20. The van der Waals surface area contributed by atoms with E-state index < -0.39 is 0 Å². The normalized spacial score (nSPS) is 10.7. The zero-order chi connectivity index (χ0) is 11.5. The van der Waals surface area contributed by atoms with Gasteiger partial charge in [-0.05, 0) is 12.1 Å². The molecular weight excluding hydrogens is 226 g/mol. The molecule has 16 heavy (non-hydrogen) atoms. The SMILES string of the molecule is Cn1c(CCO)nc(Cl)c1-c1ccccn1. The molecule has 0 unspecified atom stereocenters. The topological polar surface area (TPSA) is 50.9 Å². The molecule has 0 fully saturated rings. The molecule has 0 aliphatic rings. The summed E-state index contributed by atoms with van der Waals surface area (Å²) in [6, 6.07) is 5.63. The van der Waals surface area contributed by atoms with Crippen molar-refractivity contribution in [2.45, 2.75) is 6.42 Å². The molecule has 0 aliphatic carbocycles. The molecule has 2 heterocycles. The second kappa shape index (κ2) is 4.63. The minimum absolute atomic E-state index is 0.0584. The van der Waals surface area contributed by atoms with Crippen molar-refractivity contribution in [1.82, 2.24) is 14.5 Å². The Hall–Kier alpha value is -1.39. The Kier molecular flexibility index (Phi) is 3.22. The van der Waals surface area contributed by atoms with E-state index in [0.29, 0.717) is 11.6 Å². The molecule has 0 saturated heterocycles. The fourth-order valence-corrected chi connectivity index (χ4v) is 1.93. The number of aromatic nitrogens is 3. The van der Waals surface area contributed by atoms with Gasteiger partial charge in [0.25, 0.3) is 0 Å². The third-order valence-corrected chi connectivity index (χ3v) is 2.65. The lowest BCUT2D eigenvalue weighted by molar-refractivity contribution is 0.295. The number of imidazole rings is 1. The maximum absolute atomic E-state index is 8.90. The van der Waals surface area contributed by atoms with Gasteiger partial charge in [-0.15, -0.1) is 0 Å². The number of aliphatic hydroxyl groups is 1. The van der Waals surface area contributed by atoms with Crippen LogP contribution in [0, 0.1) is 0 Å². The van der Waals surface area contributed by atoms with Gasteiger partial charge in [0.2, 0.25) is 0 Å². The Morgan fingerprint density at radius 1 is 1.44 bits per heavy atom. The predicted octanol–water partition coefficient (Wildman–Crippen LogP) is 1.67. The van der Waals surface area contributed by atoms with Crippen LogP contribution in [-0.2, 0) is 13.5 Å². The number of pyridine rings is 1. The van der Waals surface area contributed by atoms with Gasteiger partial charge in [-0.1, -0.05) is 17.7 Å². The average molecular weight is 238 g/mol. The number of hydrogen-bond donors (Lipinski definition) is 1. The Bertz CT molecular complexity index is 481. The second-order valence-corrected chi connectivity index (χ2v) is 3.77. The number of halogens is 1. The van der Waals surface area contributed by atoms with Gasteiger partial charge in [-0.25, -0.2) is 4.98 Å². The summed E-state index contributed by atoms with van der Waals surface area (Å²) < 4.78 is 1.86. The monoisotopic (exact) mass is 237 g/mol. The Labute approximate surface area is 98.5 Å². The lowest BCUT2D eigenvalue weighted by Crippen LogP contribution is -2.02. The van der Waals surface area contributed by atoms with Gasteiger partial charge >= 0.3 is 0 Å². The van der Waals surface area contributed by atoms with Gasteiger partial charge in [0.1, 0.15) is 11.5 Å². The van der Waals surface area contributed by atoms with Crippen LogP contribution in [0.5, 0.6) is 0 Å². The smallest absolute Gasteiger partial charge is 0.157 e. The summed E-state index contributed by atoms with van der Waals surface area (Å²) in [7, 11) is 1.87. The lowest BCUT2D eigenvalue weighted by atomic mass is 10.3. The molecule has 0 radical (unpaired) electrons. The van der Waals surface area contributed by atoms with E-state index in [1.165, 1.54) is 0 Å². The number of hydrogen-bond acceptors (Lipinski definition) is 3. The van der Waals surface area contributed by atoms with Crippen molar-refractivity contribution in [2.75, 3.05) is 6.61 Å². The van der Waals surface area contributed by atoms with E-state index in [1.807, 2.05) is 29.8 Å². The molecule has 84 valence electrons. The number of nitrogens with zero attached hydrogens (tertiary/aromatic N) is 3. The van der Waals surface area contributed by atoms with E-state index in [-0.39, 0.29) is 6.61 Å². The van der Waals surface area contributed by atoms with E-state index >= 15 is 0 Å². The fourth-order valence-electron chi connectivity index (χ4n) is 1.61. The molecule has 0 aromatic carbocycles. The predicted molar refractivity (Wildman–Crippen MR) is 62.2 cm³/mol. The summed E-state index contributed by atoms with van der Waals surface area (Å²) in [5.41, 5.74) is 1.57. The van der Waals surface area contributed by atoms with Gasteiger partial charge in [-0.2, -0.15) is 0 Å². The van der Waals surface area contributed by atoms with E-state index in [1.54, 1.807) is 6.20 Å². The van der Waals surface area contributed by atoms with Crippen molar-refractivity contribution in [1.29, 1.82) is 0 Å². The minimum Gasteiger partial charge on any atom is -0.396 e. The van der Waals surface area contributed by atoms with Crippen molar-refractivity contribution < 1.29 is 5.11 Å². The molecule has 1 N–H and O–H groups in total. The van der Waals surface area contributed by atoms with Gasteiger partial charge in [-0.3, -0.25) is 4.98 Å². The molecule has 0 bridgehead atoms. The third kappa shape index (κ3) is 1.94. The first-order chi connectivity index (χ1) is 7.74. The van der Waals surface area contributed by atoms with E-state index in [9.17, 15) is 0 Å². The highest BCUT2D eigenvalue weighted by atomic mass is 35.5. The summed E-state index contributed by atoms with van der Waals surface area (Å²) in [4.78, 5) is 8.44. The van der Waals surface area contributed by atoms with Crippen molar-refractivity contribution >= 4 is 11.6 Å². The second-order valence-electron chi connectivity index (χ2n) is 3.42. The molecule has 0 aliphatic heterocycles. The number of rotatable bonds is 3. The van der Waals surface area contributed by atoms with Gasteiger partial charge in [0.05, 0.1) is 12.3 Å². The molecule has 0 atom stereocenters. The molecule has 0 amide bonds. The Balaban J connectivity index is 2.49. The van der Waals surface area contributed by atoms with Crippen LogP contribution in [0.15, 0.2) is 24.4 Å². The first-order valence-electron chi connectivity index (χ1n) is 4.97. The summed E-state index contributed by atoms with van der Waals surface area (Å²) in [6.45, 7) is 0.0584. The summed E-state index contributed by atoms with van der Waals surface area (Å²) in [5.74, 6) is 0.758. The quantitative estimate of drug-likeness (QED) is 0.884. The van der Waals surface area contributed by atoms with E-state index in [0.717, 1.165) is 17.2 Å². The van der Waals surface area contributed by atoms with Gasteiger partial charge < -0.3 is 9.67 Å². The summed E-state index contributed by atoms with van der Waals surface area (Å²) in [5, 5.41) is 9.32. The molecule has 2 rings (SSSR count). The first kappa shape index (κ1) is 11.1. The molecule has 0 saturated carbocycles. The van der Waals surface area contributed by atoms with Gasteiger partial charge in [0, 0.05) is 19.7 Å². The highest BCUT2D eigenvalue weighted by Crippen LogP contribution is 2.26. The molecule has 5 heteroatoms. The number of aliphatic hydroxyl groups excluding tert-OH is 1. The highest BCUT2D eigenvalue weighted by Gasteiger charge is 2.14. The molecule has 2 aromatic rings. The van der Waals surface area contributed by atoms with Crippen LogP contribution < -0.4 is 0 Å². The lowest BCUT2D eigenvalue weighted by Gasteiger charge is -2.04. The highest BCUT2D eigenvalue weighted by molar-refractivity contribution is 6.31. The standard InChI is InChI=1S/C11H12ClN3O/c1-15-9(5-7-16)14-11(12)10(15)8-4-2-3-6-13-8/h2-4,6,16H,5,7H2,1H3. The van der Waals surface area contributed by atoms with Crippen molar-refractivity contribution in [3.05, 3.63) is 35.4 Å². The zero-order valence-corrected chi connectivity index (χ0v) is 9.65. The van der Waals surface area contributed by atoms with Crippen LogP contribution in [0.4, 0.5) is 0 Å². The van der Waals surface area contributed by atoms with Crippen LogP contribution in [0.25, 0.3) is 11.4 Å². The molecule has 2 aromatic heterocycles. The van der Waals surface area contributed by atoms with Crippen LogP contribution in [0.2, 0.25) is 5.15 Å². The Morgan fingerprint density at radius 3 is 2.88 bits per heavy atom. The maximum Gasteiger partial charge on any atom is 0.157 e. The van der Waals surface area contributed by atoms with Crippen LogP contribution in [0.1, 0.15) is 5.82 Å². The van der Waals surface area contributed by atoms with Crippen LogP contribution in [0.3, 0.4) is 0 Å². The zero-order valence-electron chi connectivity index (χ0n) is 8.89. The molecule has 4 nitrogen and oxygen atoms in total. The van der Waals surface area contributed by atoms with Gasteiger partial charge in [0.15, 0.2) is 5.15 Å².